The third-order valence-corrected chi connectivity index (χ3v) is 7.24. The van der Waals surface area contributed by atoms with Gasteiger partial charge in [0.1, 0.15) is 5.75 Å². The van der Waals surface area contributed by atoms with Crippen molar-refractivity contribution >= 4 is 50.8 Å². The molecule has 0 aliphatic rings. The fourth-order valence-corrected chi connectivity index (χ4v) is 5.23. The number of ether oxygens (including phenoxy) is 1. The number of nitrogens with zero attached hydrogens (tertiary/aromatic N) is 1. The van der Waals surface area contributed by atoms with Crippen molar-refractivity contribution in [1.82, 2.24) is 10.3 Å². The Morgan fingerprint density at radius 3 is 2.53 bits per heavy atom. The zero-order chi connectivity index (χ0) is 25.7. The van der Waals surface area contributed by atoms with Crippen LogP contribution in [0, 0.1) is 0 Å². The van der Waals surface area contributed by atoms with E-state index in [0.29, 0.717) is 22.1 Å². The van der Waals surface area contributed by atoms with Crippen LogP contribution in [0.4, 0.5) is 18.9 Å². The molecule has 0 aliphatic heterocycles. The van der Waals surface area contributed by atoms with Gasteiger partial charge in [0.25, 0.3) is 5.91 Å². The summed E-state index contributed by atoms with van der Waals surface area (Å²) < 4.78 is 46.2. The number of alkyl halides is 3. The molecule has 11 heteroatoms. The highest BCUT2D eigenvalue weighted by molar-refractivity contribution is 8.01. The maximum Gasteiger partial charge on any atom is 0.417 e. The highest BCUT2D eigenvalue weighted by Gasteiger charge is 2.34. The highest BCUT2D eigenvalue weighted by Crippen LogP contribution is 2.33. The third-order valence-electron chi connectivity index (χ3n) is 5.08. The lowest BCUT2D eigenvalue weighted by atomic mass is 10.1. The molecule has 2 amide bonds. The molecule has 0 fully saturated rings. The van der Waals surface area contributed by atoms with E-state index in [1.165, 1.54) is 35.2 Å². The van der Waals surface area contributed by atoms with E-state index in [0.717, 1.165) is 28.1 Å². The van der Waals surface area contributed by atoms with Gasteiger partial charge in [-0.3, -0.25) is 9.59 Å². The first-order valence-corrected chi connectivity index (χ1v) is 12.4. The summed E-state index contributed by atoms with van der Waals surface area (Å²) in [5, 5.41) is 5.37. The molecule has 4 aromatic rings. The molecule has 186 valence electrons. The van der Waals surface area contributed by atoms with Crippen molar-refractivity contribution < 1.29 is 27.5 Å². The predicted molar refractivity (Wildman–Crippen MR) is 135 cm³/mol. The minimum absolute atomic E-state index is 0.147. The monoisotopic (exact) mass is 531 g/mol. The number of thioether (sulfide) groups is 1. The Hall–Kier alpha value is -3.57. The van der Waals surface area contributed by atoms with Crippen LogP contribution in [0.1, 0.15) is 21.5 Å². The number of carbonyl (C=O) groups excluding carboxylic acids is 2. The first-order chi connectivity index (χ1) is 17.2. The van der Waals surface area contributed by atoms with Crippen LogP contribution in [0.15, 0.2) is 71.1 Å². The van der Waals surface area contributed by atoms with Crippen LogP contribution >= 0.6 is 23.1 Å². The molecule has 3 aromatic carbocycles. The minimum Gasteiger partial charge on any atom is -0.497 e. The maximum atomic E-state index is 13.2. The zero-order valence-electron chi connectivity index (χ0n) is 18.9. The van der Waals surface area contributed by atoms with E-state index in [1.807, 2.05) is 24.3 Å². The van der Waals surface area contributed by atoms with Gasteiger partial charge in [0.05, 0.1) is 34.2 Å². The molecule has 4 rings (SSSR count). The lowest BCUT2D eigenvalue weighted by Crippen LogP contribution is -2.24. The lowest BCUT2D eigenvalue weighted by Gasteiger charge is -2.12. The van der Waals surface area contributed by atoms with Crippen LogP contribution in [-0.4, -0.2) is 29.7 Å². The van der Waals surface area contributed by atoms with Crippen LogP contribution < -0.4 is 15.4 Å². The smallest absolute Gasteiger partial charge is 0.417 e. The number of anilines is 1. The normalized spacial score (nSPS) is 11.3. The third kappa shape index (κ3) is 6.35. The number of carbonyl (C=O) groups is 2. The van der Waals surface area contributed by atoms with Crippen molar-refractivity contribution in [2.24, 2.45) is 0 Å². The summed E-state index contributed by atoms with van der Waals surface area (Å²) in [6.45, 7) is 0.393. The Balaban J connectivity index is 1.36. The minimum atomic E-state index is -4.64. The van der Waals surface area contributed by atoms with Crippen LogP contribution in [0.5, 0.6) is 5.75 Å². The summed E-state index contributed by atoms with van der Waals surface area (Å²) in [5.41, 5.74) is 0.509. The predicted octanol–water partition coefficient (Wildman–Crippen LogP) is 5.98. The summed E-state index contributed by atoms with van der Waals surface area (Å²) in [6, 6.07) is 16.9. The van der Waals surface area contributed by atoms with Crippen molar-refractivity contribution in [3.05, 3.63) is 83.4 Å². The quantitative estimate of drug-likeness (QED) is 0.273. The summed E-state index contributed by atoms with van der Waals surface area (Å²) in [7, 11) is 1.59. The molecule has 0 atom stereocenters. The van der Waals surface area contributed by atoms with Crippen molar-refractivity contribution in [3.8, 4) is 5.75 Å². The molecular formula is C25H20F3N3O3S2. The molecule has 1 aromatic heterocycles. The highest BCUT2D eigenvalue weighted by atomic mass is 32.2. The number of nitrogens with one attached hydrogen (secondary N) is 2. The number of fused-ring (bicyclic) bond motifs is 1. The summed E-state index contributed by atoms with van der Waals surface area (Å²) in [4.78, 5) is 29.2. The molecule has 0 spiro atoms. The Morgan fingerprint density at radius 2 is 1.81 bits per heavy atom. The molecule has 0 saturated heterocycles. The second kappa shape index (κ2) is 11.0. The average molecular weight is 532 g/mol. The van der Waals surface area contributed by atoms with E-state index >= 15 is 0 Å². The van der Waals surface area contributed by atoms with Crippen molar-refractivity contribution in [3.63, 3.8) is 0 Å². The zero-order valence-corrected chi connectivity index (χ0v) is 20.5. The molecule has 1 heterocycles. The molecule has 0 aliphatic carbocycles. The van der Waals surface area contributed by atoms with Gasteiger partial charge in [0.15, 0.2) is 4.34 Å². The Labute approximate surface area is 212 Å². The molecule has 2 N–H and O–H groups in total. The van der Waals surface area contributed by atoms with E-state index in [4.69, 9.17) is 4.74 Å². The van der Waals surface area contributed by atoms with Gasteiger partial charge < -0.3 is 15.4 Å². The van der Waals surface area contributed by atoms with Crippen molar-refractivity contribution in [2.75, 3.05) is 18.2 Å². The number of methoxy groups -OCH3 is 1. The summed E-state index contributed by atoms with van der Waals surface area (Å²) >= 11 is 2.61. The maximum absolute atomic E-state index is 13.2. The molecular weight excluding hydrogens is 511 g/mol. The van der Waals surface area contributed by atoms with Gasteiger partial charge in [-0.25, -0.2) is 4.98 Å². The lowest BCUT2D eigenvalue weighted by molar-refractivity contribution is -0.137. The number of hydrogen-bond acceptors (Lipinski definition) is 6. The SMILES string of the molecule is COc1ccc(CNC(=O)CSc2nc3ccc(NC(=O)c4ccccc4C(F)(F)F)cc3s2)cc1. The standard InChI is InChI=1S/C25H20F3N3O3S2/c1-34-17-9-6-15(7-10-17)13-29-22(32)14-35-24-31-20-11-8-16(12-21(20)36-24)30-23(33)18-4-2-3-5-19(18)25(26,27)28/h2-12H,13-14H2,1H3,(H,29,32)(H,30,33). The van der Waals surface area contributed by atoms with Gasteiger partial charge >= 0.3 is 6.18 Å². The molecule has 0 radical (unpaired) electrons. The van der Waals surface area contributed by atoms with E-state index < -0.39 is 23.2 Å². The number of aromatic nitrogens is 1. The number of hydrogen-bond donors (Lipinski definition) is 2. The largest absolute Gasteiger partial charge is 0.497 e. The molecule has 6 nitrogen and oxygen atoms in total. The molecule has 36 heavy (non-hydrogen) atoms. The van der Waals surface area contributed by atoms with Gasteiger partial charge in [-0.2, -0.15) is 13.2 Å². The van der Waals surface area contributed by atoms with Crippen LogP contribution in [0.3, 0.4) is 0 Å². The Morgan fingerprint density at radius 1 is 1.06 bits per heavy atom. The molecule has 0 bridgehead atoms. The van der Waals surface area contributed by atoms with Crippen LogP contribution in [0.25, 0.3) is 10.2 Å². The van der Waals surface area contributed by atoms with Crippen molar-refractivity contribution in [1.29, 1.82) is 0 Å². The molecule has 0 unspecified atom stereocenters. The second-order valence-electron chi connectivity index (χ2n) is 7.57. The summed E-state index contributed by atoms with van der Waals surface area (Å²) in [6.07, 6.45) is -4.64. The van der Waals surface area contributed by atoms with Gasteiger partial charge in [-0.05, 0) is 48.0 Å². The number of rotatable bonds is 8. The Kier molecular flexibility index (Phi) is 7.80. The van der Waals surface area contributed by atoms with Gasteiger partial charge in [0.2, 0.25) is 5.91 Å². The number of amides is 2. The number of thiazole rings is 1. The van der Waals surface area contributed by atoms with Crippen LogP contribution in [-0.2, 0) is 17.5 Å². The van der Waals surface area contributed by atoms with E-state index in [-0.39, 0.29) is 11.7 Å². The van der Waals surface area contributed by atoms with E-state index in [9.17, 15) is 22.8 Å². The first-order valence-electron chi connectivity index (χ1n) is 10.6. The Bertz CT molecular complexity index is 1390. The number of benzene rings is 3. The molecule has 0 saturated carbocycles. The second-order valence-corrected chi connectivity index (χ2v) is 9.83. The summed E-state index contributed by atoms with van der Waals surface area (Å²) in [5.74, 6) is -0.0834. The van der Waals surface area contributed by atoms with Crippen molar-refractivity contribution in [2.45, 2.75) is 17.1 Å². The fourth-order valence-electron chi connectivity index (χ4n) is 3.29. The van der Waals surface area contributed by atoms with E-state index in [2.05, 4.69) is 15.6 Å². The topological polar surface area (TPSA) is 80.3 Å². The van der Waals surface area contributed by atoms with Gasteiger partial charge in [-0.1, -0.05) is 36.0 Å². The van der Waals surface area contributed by atoms with Gasteiger partial charge in [0, 0.05) is 12.2 Å². The number of halogens is 3. The first kappa shape index (κ1) is 25.5. The fraction of sp³-hybridized carbons (Fsp3) is 0.160. The van der Waals surface area contributed by atoms with E-state index in [1.54, 1.807) is 25.3 Å². The average Bonchev–Trinajstić information content (AvgIpc) is 3.28. The van der Waals surface area contributed by atoms with Gasteiger partial charge in [-0.15, -0.1) is 11.3 Å². The van der Waals surface area contributed by atoms with Crippen LogP contribution in [0.2, 0.25) is 0 Å².